The van der Waals surface area contributed by atoms with Crippen molar-refractivity contribution in [2.75, 3.05) is 38.1 Å². The van der Waals surface area contributed by atoms with Crippen molar-refractivity contribution in [2.45, 2.75) is 26.2 Å². The second-order valence-corrected chi connectivity index (χ2v) is 8.40. The van der Waals surface area contributed by atoms with Gasteiger partial charge in [0.1, 0.15) is 0 Å². The van der Waals surface area contributed by atoms with Crippen molar-refractivity contribution in [2.24, 2.45) is 11.8 Å². The number of aromatic nitrogens is 2. The molecule has 164 valence electrons. The summed E-state index contributed by atoms with van der Waals surface area (Å²) in [4.78, 5) is 36.9. The van der Waals surface area contributed by atoms with Gasteiger partial charge in [-0.15, -0.1) is 0 Å². The largest absolute Gasteiger partial charge is 0.476 e. The van der Waals surface area contributed by atoms with Crippen molar-refractivity contribution in [3.63, 3.8) is 0 Å². The summed E-state index contributed by atoms with van der Waals surface area (Å²) in [5, 5.41) is 3.01. The van der Waals surface area contributed by atoms with Crippen molar-refractivity contribution >= 4 is 17.6 Å². The number of nitrogens with one attached hydrogen (secondary N) is 1. The fraction of sp³-hybridized carbons (Fsp3) is 0.478. The van der Waals surface area contributed by atoms with Gasteiger partial charge >= 0.3 is 6.03 Å². The summed E-state index contributed by atoms with van der Waals surface area (Å²) in [6, 6.07) is 7.74. The summed E-state index contributed by atoms with van der Waals surface area (Å²) in [5.41, 5.74) is 1.91. The lowest BCUT2D eigenvalue weighted by atomic mass is 9.96. The Morgan fingerprint density at radius 2 is 2.00 bits per heavy atom. The summed E-state index contributed by atoms with van der Waals surface area (Å²) in [5.74, 6) is 1.28. The molecule has 8 heteroatoms. The van der Waals surface area contributed by atoms with Gasteiger partial charge in [0.2, 0.25) is 11.8 Å². The number of likely N-dealkylation sites (tertiary alicyclic amines) is 2. The van der Waals surface area contributed by atoms with E-state index in [4.69, 9.17) is 4.74 Å². The van der Waals surface area contributed by atoms with Crippen molar-refractivity contribution < 1.29 is 14.3 Å². The molecular weight excluding hydrogens is 394 g/mol. The lowest BCUT2D eigenvalue weighted by molar-refractivity contribution is -0.128. The van der Waals surface area contributed by atoms with Crippen LogP contribution in [0.5, 0.6) is 5.88 Å². The predicted molar refractivity (Wildman–Crippen MR) is 117 cm³/mol. The first-order valence-electron chi connectivity index (χ1n) is 10.9. The molecule has 1 aromatic heterocycles. The number of anilines is 1. The van der Waals surface area contributed by atoms with Gasteiger partial charge in [-0.25, -0.2) is 9.78 Å². The van der Waals surface area contributed by atoms with Crippen molar-refractivity contribution in [1.82, 2.24) is 19.8 Å². The molecule has 1 N–H and O–H groups in total. The summed E-state index contributed by atoms with van der Waals surface area (Å²) >= 11 is 0. The minimum Gasteiger partial charge on any atom is -0.476 e. The number of amides is 3. The second-order valence-electron chi connectivity index (χ2n) is 8.40. The maximum absolute atomic E-state index is 12.6. The molecule has 2 aliphatic heterocycles. The highest BCUT2D eigenvalue weighted by atomic mass is 16.5. The molecule has 0 saturated carbocycles. The first kappa shape index (κ1) is 21.1. The van der Waals surface area contributed by atoms with Crippen LogP contribution in [0.2, 0.25) is 0 Å². The topological polar surface area (TPSA) is 87.7 Å². The number of nitrogens with zero attached hydrogens (tertiary/aromatic N) is 4. The maximum atomic E-state index is 12.6. The molecule has 8 nitrogen and oxygen atoms in total. The van der Waals surface area contributed by atoms with E-state index in [2.05, 4.69) is 15.3 Å². The quantitative estimate of drug-likeness (QED) is 0.772. The molecule has 0 bridgehead atoms. The predicted octanol–water partition coefficient (Wildman–Crippen LogP) is 2.96. The number of aryl methyl sites for hydroxylation is 1. The minimum absolute atomic E-state index is 0.0498. The van der Waals surface area contributed by atoms with Crippen LogP contribution >= 0.6 is 0 Å². The second kappa shape index (κ2) is 9.76. The van der Waals surface area contributed by atoms with Crippen molar-refractivity contribution in [3.05, 3.63) is 48.4 Å². The molecule has 2 saturated heterocycles. The van der Waals surface area contributed by atoms with Gasteiger partial charge in [0.15, 0.2) is 0 Å². The third kappa shape index (κ3) is 5.51. The normalized spacial score (nSPS) is 19.5. The van der Waals surface area contributed by atoms with E-state index in [1.807, 2.05) is 41.0 Å². The standard InChI is InChI=1S/C23H29N5O3/c1-17-4-2-3-5-20(17)26-23(30)27-10-6-18(7-11-27)14-28-15-19(12-22(28)29)16-31-21-13-24-8-9-25-21/h2-5,8-9,13,18-19H,6-7,10-12,14-16H2,1H3,(H,26,30). The Morgan fingerprint density at radius 1 is 1.19 bits per heavy atom. The first-order chi connectivity index (χ1) is 15.1. The summed E-state index contributed by atoms with van der Waals surface area (Å²) in [6.45, 7) is 5.35. The fourth-order valence-corrected chi connectivity index (χ4v) is 4.24. The molecule has 0 radical (unpaired) electrons. The van der Waals surface area contributed by atoms with Crippen LogP contribution in [0.1, 0.15) is 24.8 Å². The molecule has 2 aliphatic rings. The summed E-state index contributed by atoms with van der Waals surface area (Å²) in [6.07, 6.45) is 7.10. The van der Waals surface area contributed by atoms with Gasteiger partial charge in [0, 0.05) is 56.6 Å². The monoisotopic (exact) mass is 423 g/mol. The van der Waals surface area contributed by atoms with Gasteiger partial charge in [-0.2, -0.15) is 0 Å². The molecule has 1 unspecified atom stereocenters. The van der Waals surface area contributed by atoms with Crippen molar-refractivity contribution in [3.8, 4) is 5.88 Å². The van der Waals surface area contributed by atoms with Crippen molar-refractivity contribution in [1.29, 1.82) is 0 Å². The molecule has 2 aromatic rings. The van der Waals surface area contributed by atoms with Crippen LogP contribution < -0.4 is 10.1 Å². The number of ether oxygens (including phenoxy) is 1. The van der Waals surface area contributed by atoms with Gasteiger partial charge in [-0.05, 0) is 37.3 Å². The third-order valence-corrected chi connectivity index (χ3v) is 6.07. The van der Waals surface area contributed by atoms with E-state index in [1.165, 1.54) is 0 Å². The van der Waals surface area contributed by atoms with E-state index in [0.29, 0.717) is 44.5 Å². The zero-order chi connectivity index (χ0) is 21.6. The number of piperidine rings is 1. The maximum Gasteiger partial charge on any atom is 0.321 e. The van der Waals surface area contributed by atoms with Gasteiger partial charge in [-0.3, -0.25) is 9.78 Å². The number of urea groups is 1. The Morgan fingerprint density at radius 3 is 2.74 bits per heavy atom. The minimum atomic E-state index is -0.0498. The Balaban J connectivity index is 1.20. The molecule has 31 heavy (non-hydrogen) atoms. The fourth-order valence-electron chi connectivity index (χ4n) is 4.24. The average molecular weight is 424 g/mol. The van der Waals surface area contributed by atoms with E-state index < -0.39 is 0 Å². The van der Waals surface area contributed by atoms with Gasteiger partial charge in [0.05, 0.1) is 12.8 Å². The van der Waals surface area contributed by atoms with Crippen LogP contribution in [0.3, 0.4) is 0 Å². The van der Waals surface area contributed by atoms with Gasteiger partial charge < -0.3 is 19.9 Å². The van der Waals surface area contributed by atoms with Crippen LogP contribution in [0.25, 0.3) is 0 Å². The Bertz CT molecular complexity index is 899. The van der Waals surface area contributed by atoms with E-state index in [1.54, 1.807) is 18.6 Å². The van der Waals surface area contributed by atoms with Crippen LogP contribution in [0, 0.1) is 18.8 Å². The smallest absolute Gasteiger partial charge is 0.321 e. The Hall–Kier alpha value is -3.16. The molecule has 0 aliphatic carbocycles. The highest BCUT2D eigenvalue weighted by molar-refractivity contribution is 5.90. The van der Waals surface area contributed by atoms with Gasteiger partial charge in [-0.1, -0.05) is 18.2 Å². The highest BCUT2D eigenvalue weighted by Crippen LogP contribution is 2.25. The van der Waals surface area contributed by atoms with Gasteiger partial charge in [0.25, 0.3) is 0 Å². The molecule has 1 atom stereocenters. The lowest BCUT2D eigenvalue weighted by Crippen LogP contribution is -2.43. The van der Waals surface area contributed by atoms with Crippen LogP contribution in [0.4, 0.5) is 10.5 Å². The number of carbonyl (C=O) groups is 2. The molecular formula is C23H29N5O3. The molecule has 0 spiro atoms. The summed E-state index contributed by atoms with van der Waals surface area (Å²) in [7, 11) is 0. The molecule has 2 fully saturated rings. The van der Waals surface area contributed by atoms with E-state index in [0.717, 1.165) is 30.6 Å². The highest BCUT2D eigenvalue weighted by Gasteiger charge is 2.33. The van der Waals surface area contributed by atoms with E-state index in [9.17, 15) is 9.59 Å². The zero-order valence-electron chi connectivity index (χ0n) is 17.9. The zero-order valence-corrected chi connectivity index (χ0v) is 17.9. The van der Waals surface area contributed by atoms with E-state index in [-0.39, 0.29) is 17.9 Å². The lowest BCUT2D eigenvalue weighted by Gasteiger charge is -2.34. The molecule has 4 rings (SSSR count). The molecule has 3 amide bonds. The number of para-hydroxylation sites is 1. The Kier molecular flexibility index (Phi) is 6.64. The SMILES string of the molecule is Cc1ccccc1NC(=O)N1CCC(CN2CC(COc3cnccn3)CC2=O)CC1. The average Bonchev–Trinajstić information content (AvgIpc) is 3.14. The first-order valence-corrected chi connectivity index (χ1v) is 10.9. The van der Waals surface area contributed by atoms with Crippen LogP contribution in [-0.4, -0.2) is 64.5 Å². The molecule has 1 aromatic carbocycles. The van der Waals surface area contributed by atoms with Crippen LogP contribution in [-0.2, 0) is 4.79 Å². The Labute approximate surface area is 182 Å². The summed E-state index contributed by atoms with van der Waals surface area (Å²) < 4.78 is 5.67. The number of rotatable bonds is 6. The number of benzene rings is 1. The molecule has 3 heterocycles. The third-order valence-electron chi connectivity index (χ3n) is 6.07. The number of hydrogen-bond donors (Lipinski definition) is 1. The number of carbonyl (C=O) groups excluding carboxylic acids is 2. The van der Waals surface area contributed by atoms with Crippen LogP contribution in [0.15, 0.2) is 42.9 Å². The van der Waals surface area contributed by atoms with E-state index >= 15 is 0 Å². The number of hydrogen-bond acceptors (Lipinski definition) is 5.